The Hall–Kier alpha value is -3.61. The predicted octanol–water partition coefficient (Wildman–Crippen LogP) is 3.07. The molecule has 0 saturated heterocycles. The minimum absolute atomic E-state index is 0.0450. The number of amides is 1. The molecule has 0 atom stereocenters. The van der Waals surface area contributed by atoms with Gasteiger partial charge in [0.2, 0.25) is 0 Å². The largest absolute Gasteiger partial charge is 0.469 e. The molecular formula is C20H19N3O4. The first-order valence-corrected chi connectivity index (χ1v) is 8.30. The van der Waals surface area contributed by atoms with Gasteiger partial charge in [-0.15, -0.1) is 0 Å². The summed E-state index contributed by atoms with van der Waals surface area (Å²) in [5, 5.41) is 11.6. The predicted molar refractivity (Wildman–Crippen MR) is 102 cm³/mol. The number of amidine groups is 1. The maximum atomic E-state index is 12.5. The SMILES string of the molecule is COC(=O)CCc1ccc(NC(=O)c2occ3cc(C(=N)N)ccc23)cc1. The lowest BCUT2D eigenvalue weighted by Crippen LogP contribution is -2.12. The molecule has 0 unspecified atom stereocenters. The number of methoxy groups -OCH3 is 1. The van der Waals surface area contributed by atoms with Gasteiger partial charge in [-0.05, 0) is 36.2 Å². The van der Waals surface area contributed by atoms with E-state index in [4.69, 9.17) is 15.6 Å². The van der Waals surface area contributed by atoms with Gasteiger partial charge in [0.1, 0.15) is 5.84 Å². The van der Waals surface area contributed by atoms with Crippen LogP contribution in [0.3, 0.4) is 0 Å². The van der Waals surface area contributed by atoms with E-state index in [9.17, 15) is 9.59 Å². The number of rotatable bonds is 6. The van der Waals surface area contributed by atoms with Gasteiger partial charge in [-0.25, -0.2) is 0 Å². The van der Waals surface area contributed by atoms with Crippen LogP contribution in [0.1, 0.15) is 28.1 Å². The van der Waals surface area contributed by atoms with E-state index >= 15 is 0 Å². The third-order valence-corrected chi connectivity index (χ3v) is 4.17. The topological polar surface area (TPSA) is 118 Å². The van der Waals surface area contributed by atoms with Gasteiger partial charge in [0, 0.05) is 28.4 Å². The third-order valence-electron chi connectivity index (χ3n) is 4.17. The zero-order chi connectivity index (χ0) is 19.4. The van der Waals surface area contributed by atoms with Crippen molar-refractivity contribution >= 4 is 34.2 Å². The standard InChI is InChI=1S/C20H19N3O4/c1-26-17(24)9-4-12-2-6-15(7-3-12)23-20(25)18-16-8-5-13(19(21)22)10-14(16)11-27-18/h2-3,5-8,10-11H,4,9H2,1H3,(H3,21,22)(H,23,25). The van der Waals surface area contributed by atoms with Gasteiger partial charge in [0.15, 0.2) is 5.76 Å². The van der Waals surface area contributed by atoms with Crippen LogP contribution < -0.4 is 11.1 Å². The molecule has 7 nitrogen and oxygen atoms in total. The fourth-order valence-electron chi connectivity index (χ4n) is 2.69. The Morgan fingerprint density at radius 3 is 2.59 bits per heavy atom. The Morgan fingerprint density at radius 2 is 1.93 bits per heavy atom. The van der Waals surface area contributed by atoms with Gasteiger partial charge in [-0.3, -0.25) is 15.0 Å². The smallest absolute Gasteiger partial charge is 0.305 e. The Balaban J connectivity index is 1.71. The van der Waals surface area contributed by atoms with E-state index in [2.05, 4.69) is 10.1 Å². The van der Waals surface area contributed by atoms with E-state index in [-0.39, 0.29) is 23.5 Å². The average Bonchev–Trinajstić information content (AvgIpc) is 3.10. The second-order valence-electron chi connectivity index (χ2n) is 6.01. The molecule has 0 bridgehead atoms. The van der Waals surface area contributed by atoms with E-state index in [1.165, 1.54) is 13.4 Å². The average molecular weight is 365 g/mol. The van der Waals surface area contributed by atoms with E-state index < -0.39 is 0 Å². The van der Waals surface area contributed by atoms with Crippen LogP contribution in [0.4, 0.5) is 5.69 Å². The molecule has 3 rings (SSSR count). The summed E-state index contributed by atoms with van der Waals surface area (Å²) < 4.78 is 10.0. The van der Waals surface area contributed by atoms with Crippen molar-refractivity contribution in [2.75, 3.05) is 12.4 Å². The second-order valence-corrected chi connectivity index (χ2v) is 6.01. The number of furan rings is 1. The molecule has 0 fully saturated rings. The molecule has 1 amide bonds. The van der Waals surface area contributed by atoms with Gasteiger partial charge in [-0.1, -0.05) is 18.2 Å². The van der Waals surface area contributed by atoms with Gasteiger partial charge in [0.05, 0.1) is 13.4 Å². The van der Waals surface area contributed by atoms with Crippen molar-refractivity contribution < 1.29 is 18.7 Å². The molecule has 0 aliphatic rings. The van der Waals surface area contributed by atoms with Gasteiger partial charge < -0.3 is 20.2 Å². The highest BCUT2D eigenvalue weighted by atomic mass is 16.5. The van der Waals surface area contributed by atoms with Gasteiger partial charge in [-0.2, -0.15) is 0 Å². The van der Waals surface area contributed by atoms with E-state index in [0.717, 1.165) is 5.56 Å². The summed E-state index contributed by atoms with van der Waals surface area (Å²) >= 11 is 0. The lowest BCUT2D eigenvalue weighted by atomic mass is 10.1. The van der Waals surface area contributed by atoms with Crippen molar-refractivity contribution in [2.24, 2.45) is 5.73 Å². The minimum Gasteiger partial charge on any atom is -0.469 e. The van der Waals surface area contributed by atoms with E-state index in [0.29, 0.717) is 34.9 Å². The number of carbonyl (C=O) groups is 2. The quantitative estimate of drug-likeness (QED) is 0.352. The summed E-state index contributed by atoms with van der Waals surface area (Å²) in [6, 6.07) is 12.3. The first-order chi connectivity index (χ1) is 13.0. The van der Waals surface area contributed by atoms with Gasteiger partial charge in [0.25, 0.3) is 5.91 Å². The summed E-state index contributed by atoms with van der Waals surface area (Å²) in [7, 11) is 1.36. The van der Waals surface area contributed by atoms with Crippen LogP contribution in [-0.4, -0.2) is 24.8 Å². The molecule has 1 aromatic heterocycles. The van der Waals surface area contributed by atoms with Gasteiger partial charge >= 0.3 is 5.97 Å². The zero-order valence-electron chi connectivity index (χ0n) is 14.7. The highest BCUT2D eigenvalue weighted by Gasteiger charge is 2.16. The van der Waals surface area contributed by atoms with Crippen molar-refractivity contribution in [1.29, 1.82) is 5.41 Å². The number of fused-ring (bicyclic) bond motifs is 1. The molecule has 138 valence electrons. The molecule has 7 heteroatoms. The summed E-state index contributed by atoms with van der Waals surface area (Å²) in [6.07, 6.45) is 2.34. The zero-order valence-corrected chi connectivity index (χ0v) is 14.7. The highest BCUT2D eigenvalue weighted by Crippen LogP contribution is 2.23. The minimum atomic E-state index is -0.372. The van der Waals surface area contributed by atoms with Crippen LogP contribution >= 0.6 is 0 Å². The van der Waals surface area contributed by atoms with Crippen molar-refractivity contribution in [3.05, 3.63) is 65.6 Å². The third kappa shape index (κ3) is 4.14. The van der Waals surface area contributed by atoms with Crippen molar-refractivity contribution in [2.45, 2.75) is 12.8 Å². The lowest BCUT2D eigenvalue weighted by Gasteiger charge is -2.06. The number of hydrogen-bond donors (Lipinski definition) is 3. The number of aryl methyl sites for hydroxylation is 1. The van der Waals surface area contributed by atoms with Crippen LogP contribution in [0.5, 0.6) is 0 Å². The monoisotopic (exact) mass is 365 g/mol. The Morgan fingerprint density at radius 1 is 1.19 bits per heavy atom. The van der Waals surface area contributed by atoms with Crippen LogP contribution in [0.2, 0.25) is 0 Å². The number of nitrogens with one attached hydrogen (secondary N) is 2. The molecule has 2 aromatic carbocycles. The first-order valence-electron chi connectivity index (χ1n) is 8.30. The van der Waals surface area contributed by atoms with Crippen LogP contribution in [-0.2, 0) is 16.0 Å². The maximum absolute atomic E-state index is 12.5. The van der Waals surface area contributed by atoms with Crippen LogP contribution in [0.25, 0.3) is 10.8 Å². The molecule has 3 aromatic rings. The summed E-state index contributed by atoms with van der Waals surface area (Å²) in [5.41, 5.74) is 7.64. The van der Waals surface area contributed by atoms with Crippen molar-refractivity contribution in [3.63, 3.8) is 0 Å². The summed E-state index contributed by atoms with van der Waals surface area (Å²) in [5.74, 6) is -0.487. The number of esters is 1. The number of nitrogen functional groups attached to an aromatic ring is 1. The summed E-state index contributed by atoms with van der Waals surface area (Å²) in [6.45, 7) is 0. The molecule has 0 aliphatic heterocycles. The van der Waals surface area contributed by atoms with Crippen LogP contribution in [0.15, 0.2) is 53.1 Å². The number of anilines is 1. The normalized spacial score (nSPS) is 10.6. The molecule has 0 spiro atoms. The molecule has 0 aliphatic carbocycles. The molecule has 27 heavy (non-hydrogen) atoms. The fraction of sp³-hybridized carbons (Fsp3) is 0.150. The Labute approximate surface area is 155 Å². The maximum Gasteiger partial charge on any atom is 0.305 e. The molecule has 0 saturated carbocycles. The highest BCUT2D eigenvalue weighted by molar-refractivity contribution is 6.12. The molecule has 1 heterocycles. The van der Waals surface area contributed by atoms with E-state index in [1.807, 2.05) is 12.1 Å². The fourth-order valence-corrected chi connectivity index (χ4v) is 2.69. The van der Waals surface area contributed by atoms with Crippen LogP contribution in [0, 0.1) is 5.41 Å². The molecule has 4 N–H and O–H groups in total. The molecular weight excluding hydrogens is 346 g/mol. The number of hydrogen-bond acceptors (Lipinski definition) is 5. The Bertz CT molecular complexity index is 1010. The van der Waals surface area contributed by atoms with Crippen molar-refractivity contribution in [1.82, 2.24) is 0 Å². The second kappa shape index (κ2) is 7.74. The Kier molecular flexibility index (Phi) is 5.21. The summed E-state index contributed by atoms with van der Waals surface area (Å²) in [4.78, 5) is 23.7. The number of ether oxygens (including phenoxy) is 1. The number of benzene rings is 2. The number of carbonyl (C=O) groups excluding carboxylic acids is 2. The number of nitrogens with two attached hydrogens (primary N) is 1. The lowest BCUT2D eigenvalue weighted by molar-refractivity contribution is -0.140. The molecule has 0 radical (unpaired) electrons. The first kappa shape index (κ1) is 18.2. The van der Waals surface area contributed by atoms with E-state index in [1.54, 1.807) is 30.3 Å². The van der Waals surface area contributed by atoms with Crippen molar-refractivity contribution in [3.8, 4) is 0 Å².